The number of benzene rings is 2. The number of rotatable bonds is 10. The summed E-state index contributed by atoms with van der Waals surface area (Å²) in [6.45, 7) is 1.12. The van der Waals surface area contributed by atoms with E-state index in [1.807, 2.05) is 0 Å². The maximum atomic E-state index is 13.7. The van der Waals surface area contributed by atoms with Gasteiger partial charge < -0.3 is 15.0 Å². The summed E-state index contributed by atoms with van der Waals surface area (Å²) < 4.78 is 31.5. The van der Waals surface area contributed by atoms with E-state index in [0.29, 0.717) is 5.75 Å². The van der Waals surface area contributed by atoms with Crippen molar-refractivity contribution in [3.05, 3.63) is 57.0 Å². The largest absolute Gasteiger partial charge is 0.497 e. The molecule has 12 heteroatoms. The minimum atomic E-state index is -3.96. The summed E-state index contributed by atoms with van der Waals surface area (Å²) in [5, 5.41) is 3.26. The second kappa shape index (κ2) is 12.6. The van der Waals surface area contributed by atoms with Gasteiger partial charge in [-0.1, -0.05) is 59.8 Å². The number of nitrogens with zero attached hydrogens (tertiary/aromatic N) is 2. The quantitative estimate of drug-likeness (QED) is 0.397. The summed E-state index contributed by atoms with van der Waals surface area (Å²) in [7, 11) is -2.41. The molecule has 1 aliphatic rings. The summed E-state index contributed by atoms with van der Waals surface area (Å²) in [6, 6.07) is 8.88. The van der Waals surface area contributed by atoms with Crippen molar-refractivity contribution in [1.82, 2.24) is 10.2 Å². The summed E-state index contributed by atoms with van der Waals surface area (Å²) in [4.78, 5) is 28.1. The monoisotopic (exact) mass is 589 g/mol. The first-order valence-corrected chi connectivity index (χ1v) is 14.7. The molecule has 0 heterocycles. The number of amides is 2. The van der Waals surface area contributed by atoms with Crippen LogP contribution in [-0.2, 0) is 26.2 Å². The van der Waals surface area contributed by atoms with Crippen LogP contribution in [0.2, 0.25) is 15.1 Å². The molecule has 1 atom stereocenters. The summed E-state index contributed by atoms with van der Waals surface area (Å²) in [6.07, 6.45) is 4.83. The summed E-state index contributed by atoms with van der Waals surface area (Å²) in [5.74, 6) is -0.240. The van der Waals surface area contributed by atoms with Crippen LogP contribution < -0.4 is 14.4 Å². The predicted octanol–water partition coefficient (Wildman–Crippen LogP) is 4.90. The lowest BCUT2D eigenvalue weighted by atomic mass is 10.1. The van der Waals surface area contributed by atoms with Gasteiger partial charge in [0.25, 0.3) is 0 Å². The van der Waals surface area contributed by atoms with Gasteiger partial charge in [0.05, 0.1) is 34.1 Å². The van der Waals surface area contributed by atoms with Gasteiger partial charge in [-0.15, -0.1) is 0 Å². The molecule has 0 saturated heterocycles. The Morgan fingerprint density at radius 1 is 1.05 bits per heavy atom. The van der Waals surface area contributed by atoms with Crippen molar-refractivity contribution >= 4 is 62.3 Å². The second-order valence-corrected chi connectivity index (χ2v) is 12.2. The summed E-state index contributed by atoms with van der Waals surface area (Å²) >= 11 is 18.4. The Morgan fingerprint density at radius 2 is 1.65 bits per heavy atom. The molecule has 8 nitrogen and oxygen atoms in total. The molecule has 3 rings (SSSR count). The lowest BCUT2D eigenvalue weighted by Gasteiger charge is -2.32. The highest BCUT2D eigenvalue weighted by atomic mass is 35.5. The Labute approximate surface area is 232 Å². The molecule has 0 radical (unpaired) electrons. The maximum absolute atomic E-state index is 13.7. The highest BCUT2D eigenvalue weighted by molar-refractivity contribution is 7.92. The van der Waals surface area contributed by atoms with Crippen LogP contribution in [0.1, 0.15) is 38.2 Å². The van der Waals surface area contributed by atoms with Crippen molar-refractivity contribution in [3.63, 3.8) is 0 Å². The first kappa shape index (κ1) is 29.4. The molecule has 202 valence electrons. The molecule has 1 aliphatic carbocycles. The van der Waals surface area contributed by atoms with Crippen LogP contribution >= 0.6 is 34.8 Å². The molecule has 37 heavy (non-hydrogen) atoms. The van der Waals surface area contributed by atoms with E-state index in [4.69, 9.17) is 39.5 Å². The number of halogens is 3. The van der Waals surface area contributed by atoms with Crippen LogP contribution in [0.4, 0.5) is 5.69 Å². The summed E-state index contributed by atoms with van der Waals surface area (Å²) in [5.41, 5.74) is 0.757. The van der Waals surface area contributed by atoms with Crippen LogP contribution in [0.5, 0.6) is 5.75 Å². The zero-order chi connectivity index (χ0) is 27.3. The van der Waals surface area contributed by atoms with Gasteiger partial charge in [0.15, 0.2) is 0 Å². The number of sulfonamides is 1. The number of carbonyl (C=O) groups excluding carboxylic acids is 2. The minimum Gasteiger partial charge on any atom is -0.497 e. The molecular formula is C25H30Cl3N3O5S. The Morgan fingerprint density at radius 3 is 2.22 bits per heavy atom. The fourth-order valence-corrected chi connectivity index (χ4v) is 5.75. The zero-order valence-corrected chi connectivity index (χ0v) is 23.9. The minimum absolute atomic E-state index is 0.0133. The number of ether oxygens (including phenoxy) is 1. The Kier molecular flexibility index (Phi) is 9.97. The van der Waals surface area contributed by atoms with E-state index in [9.17, 15) is 18.0 Å². The molecule has 2 amide bonds. The van der Waals surface area contributed by atoms with Gasteiger partial charge in [0.1, 0.15) is 18.3 Å². The first-order chi connectivity index (χ1) is 17.4. The van der Waals surface area contributed by atoms with Crippen molar-refractivity contribution in [2.75, 3.05) is 24.2 Å². The van der Waals surface area contributed by atoms with Gasteiger partial charge >= 0.3 is 0 Å². The molecule has 2 aromatic rings. The van der Waals surface area contributed by atoms with Crippen LogP contribution in [0.3, 0.4) is 0 Å². The van der Waals surface area contributed by atoms with Crippen molar-refractivity contribution in [2.24, 2.45) is 0 Å². The standard InChI is InChI=1S/C25H30Cl3N3O5S/c1-16(25(33)29-18-6-4-5-7-18)30(14-17-8-10-19(36-2)11-9-17)24(32)15-31(37(3,34)35)23-13-21(27)20(26)12-22(23)28/h8-13,16,18H,4-7,14-15H2,1-3H3,(H,29,33)/t16-/m0/s1. The third-order valence-corrected chi connectivity index (χ3v) is 8.47. The van der Waals surface area contributed by atoms with E-state index in [1.54, 1.807) is 38.3 Å². The van der Waals surface area contributed by atoms with E-state index in [2.05, 4.69) is 5.32 Å². The molecule has 0 spiro atoms. The number of nitrogens with one attached hydrogen (secondary N) is 1. The SMILES string of the molecule is COc1ccc(CN(C(=O)CN(c2cc(Cl)c(Cl)cc2Cl)S(C)(=O)=O)[C@@H](C)C(=O)NC2CCCC2)cc1. The molecule has 0 aliphatic heterocycles. The number of anilines is 1. The van der Waals surface area contributed by atoms with Gasteiger partial charge in [-0.3, -0.25) is 13.9 Å². The molecule has 0 unspecified atom stereocenters. The second-order valence-electron chi connectivity index (χ2n) is 9.02. The number of hydrogen-bond acceptors (Lipinski definition) is 5. The lowest BCUT2D eigenvalue weighted by molar-refractivity contribution is -0.139. The third-order valence-electron chi connectivity index (χ3n) is 6.32. The normalized spacial score (nSPS) is 14.8. The van der Waals surface area contributed by atoms with Gasteiger partial charge in [-0.2, -0.15) is 0 Å². The lowest BCUT2D eigenvalue weighted by Crippen LogP contribution is -2.52. The van der Waals surface area contributed by atoms with Crippen LogP contribution in [0.15, 0.2) is 36.4 Å². The van der Waals surface area contributed by atoms with E-state index in [-0.39, 0.29) is 39.2 Å². The molecule has 0 aromatic heterocycles. The zero-order valence-electron chi connectivity index (χ0n) is 20.8. The van der Waals surface area contributed by atoms with Crippen LogP contribution in [0.25, 0.3) is 0 Å². The Balaban J connectivity index is 1.92. The van der Waals surface area contributed by atoms with Gasteiger partial charge in [-0.05, 0) is 49.6 Å². The van der Waals surface area contributed by atoms with Crippen molar-refractivity contribution in [3.8, 4) is 5.75 Å². The molecule has 2 aromatic carbocycles. The maximum Gasteiger partial charge on any atom is 0.244 e. The molecule has 0 bridgehead atoms. The van der Waals surface area contributed by atoms with Gasteiger partial charge in [0.2, 0.25) is 21.8 Å². The molecular weight excluding hydrogens is 561 g/mol. The smallest absolute Gasteiger partial charge is 0.244 e. The number of carbonyl (C=O) groups is 2. The van der Waals surface area contributed by atoms with Crippen LogP contribution in [0, 0.1) is 0 Å². The average molecular weight is 591 g/mol. The van der Waals surface area contributed by atoms with E-state index >= 15 is 0 Å². The molecule has 1 fully saturated rings. The third kappa shape index (κ3) is 7.66. The van der Waals surface area contributed by atoms with E-state index < -0.39 is 28.5 Å². The first-order valence-electron chi connectivity index (χ1n) is 11.8. The Hall–Kier alpha value is -2.20. The van der Waals surface area contributed by atoms with E-state index in [1.165, 1.54) is 17.0 Å². The van der Waals surface area contributed by atoms with Crippen molar-refractivity contribution in [1.29, 1.82) is 0 Å². The Bertz CT molecular complexity index is 1230. The fourth-order valence-electron chi connectivity index (χ4n) is 4.20. The number of hydrogen-bond donors (Lipinski definition) is 1. The van der Waals surface area contributed by atoms with Crippen LogP contribution in [-0.4, -0.2) is 57.1 Å². The topological polar surface area (TPSA) is 96.0 Å². The molecule has 1 N–H and O–H groups in total. The fraction of sp³-hybridized carbons (Fsp3) is 0.440. The van der Waals surface area contributed by atoms with Gasteiger partial charge in [0, 0.05) is 12.6 Å². The van der Waals surface area contributed by atoms with Crippen molar-refractivity contribution < 1.29 is 22.7 Å². The molecule has 1 saturated carbocycles. The predicted molar refractivity (Wildman–Crippen MR) is 147 cm³/mol. The number of methoxy groups -OCH3 is 1. The highest BCUT2D eigenvalue weighted by Gasteiger charge is 2.32. The van der Waals surface area contributed by atoms with E-state index in [0.717, 1.165) is 41.8 Å². The van der Waals surface area contributed by atoms with Gasteiger partial charge in [-0.25, -0.2) is 8.42 Å². The average Bonchev–Trinajstić information content (AvgIpc) is 3.35. The highest BCUT2D eigenvalue weighted by Crippen LogP contribution is 2.35. The van der Waals surface area contributed by atoms with Crippen molar-refractivity contribution in [2.45, 2.75) is 51.2 Å².